The summed E-state index contributed by atoms with van der Waals surface area (Å²) in [5.74, 6) is -1.80. The number of nitrogens with zero attached hydrogens (tertiary/aromatic N) is 2. The molecular weight excluding hydrogens is 354 g/mol. The zero-order valence-corrected chi connectivity index (χ0v) is 14.0. The van der Waals surface area contributed by atoms with E-state index >= 15 is 0 Å². The summed E-state index contributed by atoms with van der Waals surface area (Å²) < 4.78 is 54.7. The van der Waals surface area contributed by atoms with Crippen molar-refractivity contribution in [2.24, 2.45) is 0 Å². The topological polar surface area (TPSA) is 80.5 Å². The van der Waals surface area contributed by atoms with Gasteiger partial charge in [-0.15, -0.1) is 0 Å². The highest BCUT2D eigenvalue weighted by Crippen LogP contribution is 2.38. The Morgan fingerprint density at radius 1 is 1.24 bits per heavy atom. The first-order valence-electron chi connectivity index (χ1n) is 7.48. The van der Waals surface area contributed by atoms with Crippen molar-refractivity contribution in [3.05, 3.63) is 63.2 Å². The quantitative estimate of drug-likeness (QED) is 0.615. The molecule has 0 aromatic heterocycles. The molecule has 25 heavy (non-hydrogen) atoms. The van der Waals surface area contributed by atoms with E-state index in [1.807, 2.05) is 0 Å². The first-order valence-corrected chi connectivity index (χ1v) is 8.92. The average Bonchev–Trinajstić information content (AvgIpc) is 2.53. The van der Waals surface area contributed by atoms with Gasteiger partial charge in [-0.2, -0.15) is 0 Å². The third-order valence-corrected chi connectivity index (χ3v) is 6.09. The number of nitro benzene ring substituents is 1. The van der Waals surface area contributed by atoms with Gasteiger partial charge in [-0.1, -0.05) is 12.1 Å². The van der Waals surface area contributed by atoms with Crippen LogP contribution in [-0.4, -0.2) is 19.9 Å². The predicted octanol–water partition coefficient (Wildman–Crippen LogP) is 3.32. The molecule has 3 rings (SSSR count). The maximum Gasteiger partial charge on any atom is 0.290 e. The smallest absolute Gasteiger partial charge is 0.263 e. The minimum Gasteiger partial charge on any atom is -0.263 e. The molecule has 0 saturated heterocycles. The molecule has 0 saturated carbocycles. The van der Waals surface area contributed by atoms with Gasteiger partial charge in [0.1, 0.15) is 5.82 Å². The van der Waals surface area contributed by atoms with E-state index in [0.717, 1.165) is 16.4 Å². The first kappa shape index (κ1) is 17.3. The molecule has 0 unspecified atom stereocenters. The van der Waals surface area contributed by atoms with Gasteiger partial charge >= 0.3 is 0 Å². The molecule has 0 spiro atoms. The fourth-order valence-corrected chi connectivity index (χ4v) is 5.00. The van der Waals surface area contributed by atoms with Crippen LogP contribution in [0, 0.1) is 28.7 Å². The minimum atomic E-state index is -4.39. The highest BCUT2D eigenvalue weighted by Gasteiger charge is 2.37. The van der Waals surface area contributed by atoms with E-state index in [9.17, 15) is 27.3 Å². The number of fused-ring (bicyclic) bond motifs is 1. The Morgan fingerprint density at radius 3 is 2.64 bits per heavy atom. The predicted molar refractivity (Wildman–Crippen MR) is 87.0 cm³/mol. The number of sulfonamides is 1. The van der Waals surface area contributed by atoms with Gasteiger partial charge in [0.2, 0.25) is 0 Å². The Labute approximate surface area is 142 Å². The van der Waals surface area contributed by atoms with E-state index in [-0.39, 0.29) is 23.4 Å². The summed E-state index contributed by atoms with van der Waals surface area (Å²) in [4.78, 5) is 10.00. The fourth-order valence-electron chi connectivity index (χ4n) is 3.08. The number of hydrogen-bond acceptors (Lipinski definition) is 4. The Kier molecular flexibility index (Phi) is 4.19. The van der Waals surface area contributed by atoms with Crippen LogP contribution in [0.1, 0.15) is 17.5 Å². The zero-order valence-electron chi connectivity index (χ0n) is 13.2. The second-order valence-corrected chi connectivity index (χ2v) is 7.56. The lowest BCUT2D eigenvalue weighted by atomic mass is 10.0. The van der Waals surface area contributed by atoms with Gasteiger partial charge in [-0.05, 0) is 37.0 Å². The molecule has 9 heteroatoms. The van der Waals surface area contributed by atoms with Crippen molar-refractivity contribution in [3.8, 4) is 0 Å². The number of nitro groups is 1. The van der Waals surface area contributed by atoms with Crippen LogP contribution in [0.15, 0.2) is 35.2 Å². The molecular formula is C16H14F2N2O4S. The summed E-state index contributed by atoms with van der Waals surface area (Å²) in [7, 11) is -4.39. The second-order valence-electron chi connectivity index (χ2n) is 5.76. The molecule has 0 atom stereocenters. The molecule has 1 aliphatic heterocycles. The van der Waals surface area contributed by atoms with E-state index in [1.165, 1.54) is 19.1 Å². The first-order chi connectivity index (χ1) is 11.7. The normalized spacial score (nSPS) is 14.3. The number of aryl methyl sites for hydroxylation is 2. The van der Waals surface area contributed by atoms with E-state index in [4.69, 9.17) is 0 Å². The van der Waals surface area contributed by atoms with E-state index < -0.39 is 37.2 Å². The summed E-state index contributed by atoms with van der Waals surface area (Å²) >= 11 is 0. The summed E-state index contributed by atoms with van der Waals surface area (Å²) in [5, 5.41) is 11.3. The van der Waals surface area contributed by atoms with Crippen molar-refractivity contribution in [2.75, 3.05) is 10.8 Å². The second kappa shape index (κ2) is 6.07. The lowest BCUT2D eigenvalue weighted by Crippen LogP contribution is -2.37. The Balaban J connectivity index is 2.25. The van der Waals surface area contributed by atoms with Crippen molar-refractivity contribution in [3.63, 3.8) is 0 Å². The number of halogens is 2. The number of hydrogen-bond donors (Lipinski definition) is 0. The van der Waals surface area contributed by atoms with Crippen LogP contribution < -0.4 is 4.31 Å². The Bertz CT molecular complexity index is 976. The highest BCUT2D eigenvalue weighted by molar-refractivity contribution is 7.93. The minimum absolute atomic E-state index is 0.0383. The van der Waals surface area contributed by atoms with Crippen LogP contribution in [0.25, 0.3) is 0 Å². The molecule has 0 bridgehead atoms. The molecule has 132 valence electrons. The van der Waals surface area contributed by atoms with Gasteiger partial charge in [0, 0.05) is 18.7 Å². The lowest BCUT2D eigenvalue weighted by molar-refractivity contribution is -0.387. The summed E-state index contributed by atoms with van der Waals surface area (Å²) in [6.07, 6.45) is 0.681. The van der Waals surface area contributed by atoms with Gasteiger partial charge in [0.25, 0.3) is 15.7 Å². The maximum atomic E-state index is 14.3. The van der Waals surface area contributed by atoms with Crippen molar-refractivity contribution < 1.29 is 22.1 Å². The van der Waals surface area contributed by atoms with Gasteiger partial charge in [-0.3, -0.25) is 14.4 Å². The van der Waals surface area contributed by atoms with Crippen LogP contribution >= 0.6 is 0 Å². The fraction of sp³-hybridized carbons (Fsp3) is 0.250. The van der Waals surface area contributed by atoms with E-state index in [0.29, 0.717) is 18.9 Å². The van der Waals surface area contributed by atoms with E-state index in [2.05, 4.69) is 0 Å². The van der Waals surface area contributed by atoms with Gasteiger partial charge in [0.15, 0.2) is 10.7 Å². The number of benzene rings is 2. The monoisotopic (exact) mass is 368 g/mol. The van der Waals surface area contributed by atoms with Gasteiger partial charge < -0.3 is 0 Å². The van der Waals surface area contributed by atoms with Crippen molar-refractivity contribution in [1.82, 2.24) is 0 Å². The molecule has 0 N–H and O–H groups in total. The standard InChI is InChI=1S/C16H14F2N2O4S/c1-10-4-2-6-14(20(21)22)16(10)25(23,24)19-7-3-5-11-8-12(17)9-13(18)15(11)19/h2,4,6,8-9H,3,5,7H2,1H3. The van der Waals surface area contributed by atoms with Crippen LogP contribution in [0.2, 0.25) is 0 Å². The lowest BCUT2D eigenvalue weighted by Gasteiger charge is -2.31. The molecule has 2 aromatic rings. The average molecular weight is 368 g/mol. The molecule has 6 nitrogen and oxygen atoms in total. The molecule has 0 radical (unpaired) electrons. The molecule has 0 aliphatic carbocycles. The van der Waals surface area contributed by atoms with E-state index in [1.54, 1.807) is 0 Å². The summed E-state index contributed by atoms with van der Waals surface area (Å²) in [6.45, 7) is 1.40. The van der Waals surface area contributed by atoms with Crippen LogP contribution in [0.4, 0.5) is 20.2 Å². The zero-order chi connectivity index (χ0) is 18.4. The maximum absolute atomic E-state index is 14.3. The third kappa shape index (κ3) is 2.84. The number of anilines is 1. The van der Waals surface area contributed by atoms with Gasteiger partial charge in [-0.25, -0.2) is 17.2 Å². The molecule has 0 amide bonds. The number of rotatable bonds is 3. The third-order valence-electron chi connectivity index (χ3n) is 4.10. The summed E-state index contributed by atoms with van der Waals surface area (Å²) in [6, 6.07) is 5.61. The molecule has 0 fully saturated rings. The van der Waals surface area contributed by atoms with Crippen LogP contribution in [-0.2, 0) is 16.4 Å². The van der Waals surface area contributed by atoms with Gasteiger partial charge in [0.05, 0.1) is 10.6 Å². The van der Waals surface area contributed by atoms with Crippen molar-refractivity contribution in [1.29, 1.82) is 0 Å². The Hall–Kier alpha value is -2.55. The molecule has 1 heterocycles. The summed E-state index contributed by atoms with van der Waals surface area (Å²) in [5.41, 5.74) is -0.410. The molecule has 2 aromatic carbocycles. The van der Waals surface area contributed by atoms with Crippen LogP contribution in [0.5, 0.6) is 0 Å². The largest absolute Gasteiger partial charge is 0.290 e. The van der Waals surface area contributed by atoms with Crippen molar-refractivity contribution in [2.45, 2.75) is 24.7 Å². The highest BCUT2D eigenvalue weighted by atomic mass is 32.2. The Morgan fingerprint density at radius 2 is 1.96 bits per heavy atom. The molecule has 1 aliphatic rings. The van der Waals surface area contributed by atoms with Crippen molar-refractivity contribution >= 4 is 21.4 Å². The SMILES string of the molecule is Cc1cccc([N+](=O)[O-])c1S(=O)(=O)N1CCCc2cc(F)cc(F)c21. The van der Waals surface area contributed by atoms with Crippen LogP contribution in [0.3, 0.4) is 0 Å².